The average Bonchev–Trinajstić information content (AvgIpc) is 2.94. The predicted octanol–water partition coefficient (Wildman–Crippen LogP) is 3.06. The van der Waals surface area contributed by atoms with E-state index in [1.165, 1.54) is 6.07 Å². The van der Waals surface area contributed by atoms with Crippen LogP contribution >= 0.6 is 0 Å². The molecule has 1 amide bonds. The van der Waals surface area contributed by atoms with Gasteiger partial charge in [-0.2, -0.15) is 0 Å². The summed E-state index contributed by atoms with van der Waals surface area (Å²) in [6, 6.07) is 10.00. The molecule has 4 heteroatoms. The van der Waals surface area contributed by atoms with Gasteiger partial charge >= 0.3 is 0 Å². The van der Waals surface area contributed by atoms with Gasteiger partial charge in [-0.25, -0.2) is 4.39 Å². The van der Waals surface area contributed by atoms with Crippen molar-refractivity contribution < 1.29 is 13.6 Å². The van der Waals surface area contributed by atoms with Gasteiger partial charge in [-0.1, -0.05) is 32.0 Å². The third kappa shape index (κ3) is 3.47. The third-order valence-electron chi connectivity index (χ3n) is 3.22. The molecule has 0 unspecified atom stereocenters. The van der Waals surface area contributed by atoms with E-state index in [2.05, 4.69) is 5.32 Å². The lowest BCUT2D eigenvalue weighted by molar-refractivity contribution is -0.120. The molecule has 0 aliphatic rings. The van der Waals surface area contributed by atoms with Crippen LogP contribution in [0.1, 0.15) is 25.2 Å². The molecule has 0 spiro atoms. The van der Waals surface area contributed by atoms with Crippen molar-refractivity contribution in [2.24, 2.45) is 0 Å². The Bertz CT molecular complexity index is 576. The van der Waals surface area contributed by atoms with E-state index in [0.29, 0.717) is 12.1 Å². The van der Waals surface area contributed by atoms with Crippen molar-refractivity contribution >= 4 is 5.91 Å². The maximum atomic E-state index is 13.5. The van der Waals surface area contributed by atoms with E-state index >= 15 is 0 Å². The monoisotopic (exact) mass is 275 g/mol. The molecule has 2 rings (SSSR count). The molecule has 1 aromatic heterocycles. The second-order valence-corrected chi connectivity index (χ2v) is 5.41. The molecule has 1 heterocycles. The Kier molecular flexibility index (Phi) is 4.23. The molecule has 1 aromatic carbocycles. The highest BCUT2D eigenvalue weighted by molar-refractivity contribution is 5.78. The van der Waals surface area contributed by atoms with Gasteiger partial charge in [0, 0.05) is 12.0 Å². The van der Waals surface area contributed by atoms with E-state index in [1.807, 2.05) is 26.0 Å². The van der Waals surface area contributed by atoms with Crippen LogP contribution in [0.4, 0.5) is 4.39 Å². The van der Waals surface area contributed by atoms with Gasteiger partial charge in [0.15, 0.2) is 0 Å². The molecule has 0 atom stereocenters. The summed E-state index contributed by atoms with van der Waals surface area (Å²) < 4.78 is 18.8. The predicted molar refractivity (Wildman–Crippen MR) is 74.8 cm³/mol. The summed E-state index contributed by atoms with van der Waals surface area (Å²) >= 11 is 0. The van der Waals surface area contributed by atoms with E-state index in [1.54, 1.807) is 24.5 Å². The van der Waals surface area contributed by atoms with Crippen LogP contribution in [0, 0.1) is 5.82 Å². The van der Waals surface area contributed by atoms with Crippen LogP contribution in [0.3, 0.4) is 0 Å². The Morgan fingerprint density at radius 2 is 2.00 bits per heavy atom. The summed E-state index contributed by atoms with van der Waals surface area (Å²) in [6.45, 7) is 4.40. The molecule has 106 valence electrons. The van der Waals surface area contributed by atoms with E-state index in [4.69, 9.17) is 4.42 Å². The summed E-state index contributed by atoms with van der Waals surface area (Å²) in [6.07, 6.45) is 1.65. The number of amides is 1. The van der Waals surface area contributed by atoms with Gasteiger partial charge < -0.3 is 9.73 Å². The zero-order chi connectivity index (χ0) is 14.6. The summed E-state index contributed by atoms with van der Waals surface area (Å²) in [5.74, 6) is 0.256. The molecular weight excluding hydrogens is 257 g/mol. The normalized spacial score (nSPS) is 11.3. The van der Waals surface area contributed by atoms with Gasteiger partial charge in [-0.05, 0) is 23.8 Å². The van der Waals surface area contributed by atoms with Crippen LogP contribution in [-0.2, 0) is 16.6 Å². The van der Waals surface area contributed by atoms with Gasteiger partial charge in [-0.15, -0.1) is 0 Å². The molecule has 1 N–H and O–H groups in total. The molecule has 3 nitrogen and oxygen atoms in total. The number of benzene rings is 1. The molecule has 0 saturated carbocycles. The van der Waals surface area contributed by atoms with Gasteiger partial charge in [0.25, 0.3) is 0 Å². The first kappa shape index (κ1) is 14.3. The quantitative estimate of drug-likeness (QED) is 0.911. The fraction of sp³-hybridized carbons (Fsp3) is 0.312. The summed E-state index contributed by atoms with van der Waals surface area (Å²) in [5.41, 5.74) is 0.106. The van der Waals surface area contributed by atoms with E-state index in [0.717, 1.165) is 5.76 Å². The summed E-state index contributed by atoms with van der Waals surface area (Å²) in [7, 11) is 0. The molecule has 0 radical (unpaired) electrons. The van der Waals surface area contributed by atoms with Crippen LogP contribution in [0.5, 0.6) is 0 Å². The van der Waals surface area contributed by atoms with Crippen LogP contribution in [-0.4, -0.2) is 12.5 Å². The highest BCUT2D eigenvalue weighted by Crippen LogP contribution is 2.22. The van der Waals surface area contributed by atoms with Gasteiger partial charge in [-0.3, -0.25) is 4.79 Å². The highest BCUT2D eigenvalue weighted by Gasteiger charge is 2.24. The number of hydrogen-bond donors (Lipinski definition) is 1. The molecule has 2 aromatic rings. The first-order valence-corrected chi connectivity index (χ1v) is 6.53. The van der Waals surface area contributed by atoms with Crippen molar-refractivity contribution in [3.05, 3.63) is 59.8 Å². The topological polar surface area (TPSA) is 42.2 Å². The van der Waals surface area contributed by atoms with Crippen LogP contribution < -0.4 is 5.32 Å². The largest absolute Gasteiger partial charge is 0.469 e. The summed E-state index contributed by atoms with van der Waals surface area (Å²) in [4.78, 5) is 11.9. The second kappa shape index (κ2) is 5.90. The minimum absolute atomic E-state index is 0.0426. The number of nitrogens with one attached hydrogen (secondary N) is 1. The van der Waals surface area contributed by atoms with E-state index < -0.39 is 0 Å². The van der Waals surface area contributed by atoms with Crippen LogP contribution in [0.15, 0.2) is 47.1 Å². The summed E-state index contributed by atoms with van der Waals surface area (Å²) in [5, 5.41) is 2.82. The molecular formula is C16H18FNO2. The molecule has 0 aliphatic carbocycles. The average molecular weight is 275 g/mol. The first-order chi connectivity index (χ1) is 9.49. The van der Waals surface area contributed by atoms with Gasteiger partial charge in [0.05, 0.1) is 12.7 Å². The van der Waals surface area contributed by atoms with Crippen molar-refractivity contribution in [1.82, 2.24) is 5.32 Å². The lowest BCUT2D eigenvalue weighted by Crippen LogP contribution is -2.37. The van der Waals surface area contributed by atoms with Crippen molar-refractivity contribution in [2.45, 2.75) is 25.7 Å². The lowest BCUT2D eigenvalue weighted by atomic mass is 9.90. The Balaban J connectivity index is 1.91. The lowest BCUT2D eigenvalue weighted by Gasteiger charge is -2.22. The molecule has 0 saturated heterocycles. The number of carbonyl (C=O) groups is 1. The van der Waals surface area contributed by atoms with Crippen LogP contribution in [0.25, 0.3) is 0 Å². The number of rotatable bonds is 5. The number of halogens is 1. The SMILES string of the molecule is CC(C)(CNC(=O)Cc1ccccc1F)c1ccco1. The number of furan rings is 1. The minimum Gasteiger partial charge on any atom is -0.469 e. The smallest absolute Gasteiger partial charge is 0.224 e. The standard InChI is InChI=1S/C16H18FNO2/c1-16(2,14-8-5-9-20-14)11-18-15(19)10-12-6-3-4-7-13(12)17/h3-9H,10-11H2,1-2H3,(H,18,19). The van der Waals surface area contributed by atoms with Gasteiger partial charge in [0.1, 0.15) is 11.6 Å². The molecule has 20 heavy (non-hydrogen) atoms. The fourth-order valence-electron chi connectivity index (χ4n) is 1.95. The zero-order valence-corrected chi connectivity index (χ0v) is 11.7. The Labute approximate surface area is 117 Å². The highest BCUT2D eigenvalue weighted by atomic mass is 19.1. The maximum Gasteiger partial charge on any atom is 0.224 e. The fourth-order valence-corrected chi connectivity index (χ4v) is 1.95. The molecule has 0 fully saturated rings. The van der Waals surface area contributed by atoms with Crippen molar-refractivity contribution in [3.63, 3.8) is 0 Å². The van der Waals surface area contributed by atoms with Crippen molar-refractivity contribution in [3.8, 4) is 0 Å². The number of hydrogen-bond acceptors (Lipinski definition) is 2. The Morgan fingerprint density at radius 1 is 1.25 bits per heavy atom. The third-order valence-corrected chi connectivity index (χ3v) is 3.22. The molecule has 0 bridgehead atoms. The minimum atomic E-state index is -0.354. The molecule has 0 aliphatic heterocycles. The first-order valence-electron chi connectivity index (χ1n) is 6.53. The maximum absolute atomic E-state index is 13.5. The van der Waals surface area contributed by atoms with Crippen LogP contribution in [0.2, 0.25) is 0 Å². The van der Waals surface area contributed by atoms with Crippen molar-refractivity contribution in [2.75, 3.05) is 6.54 Å². The zero-order valence-electron chi connectivity index (χ0n) is 11.7. The second-order valence-electron chi connectivity index (χ2n) is 5.41. The Morgan fingerprint density at radius 3 is 2.65 bits per heavy atom. The van der Waals surface area contributed by atoms with E-state index in [9.17, 15) is 9.18 Å². The van der Waals surface area contributed by atoms with E-state index in [-0.39, 0.29) is 23.6 Å². The number of carbonyl (C=O) groups excluding carboxylic acids is 1. The Hall–Kier alpha value is -2.10. The van der Waals surface area contributed by atoms with Gasteiger partial charge in [0.2, 0.25) is 5.91 Å². The van der Waals surface area contributed by atoms with Crippen molar-refractivity contribution in [1.29, 1.82) is 0 Å².